The van der Waals surface area contributed by atoms with Crippen LogP contribution in [0.25, 0.3) is 0 Å². The van der Waals surface area contributed by atoms with Crippen molar-refractivity contribution in [2.24, 2.45) is 0 Å². The van der Waals surface area contributed by atoms with Crippen molar-refractivity contribution in [1.82, 2.24) is 0 Å². The molecule has 2 aromatic rings. The monoisotopic (exact) mass is 494 g/mol. The van der Waals surface area contributed by atoms with Gasteiger partial charge in [-0.2, -0.15) is 0 Å². The van der Waals surface area contributed by atoms with E-state index in [2.05, 4.69) is 65.8 Å². The van der Waals surface area contributed by atoms with Gasteiger partial charge in [0, 0.05) is 0 Å². The van der Waals surface area contributed by atoms with Crippen LogP contribution in [0.2, 0.25) is 0 Å². The highest BCUT2D eigenvalue weighted by Crippen LogP contribution is 2.50. The third-order valence-corrected chi connectivity index (χ3v) is 7.95. The summed E-state index contributed by atoms with van der Waals surface area (Å²) in [5.74, 6) is 1.56. The average Bonchev–Trinajstić information content (AvgIpc) is 2.76. The van der Waals surface area contributed by atoms with E-state index in [9.17, 15) is 4.79 Å². The lowest BCUT2D eigenvalue weighted by molar-refractivity contribution is -0.135. The zero-order chi connectivity index (χ0) is 26.4. The van der Waals surface area contributed by atoms with Crippen molar-refractivity contribution in [2.75, 3.05) is 14.2 Å². The maximum absolute atomic E-state index is 13.4. The molecule has 0 aromatic heterocycles. The highest BCUT2D eigenvalue weighted by Gasteiger charge is 2.48. The van der Waals surface area contributed by atoms with E-state index >= 15 is 0 Å². The summed E-state index contributed by atoms with van der Waals surface area (Å²) in [5.41, 5.74) is 2.80. The van der Waals surface area contributed by atoms with E-state index in [1.54, 1.807) is 14.2 Å². The van der Waals surface area contributed by atoms with Gasteiger partial charge in [0.2, 0.25) is 0 Å². The molecule has 5 heteroatoms. The van der Waals surface area contributed by atoms with Crippen LogP contribution >= 0.6 is 0 Å². The Hall–Kier alpha value is -2.69. The molecule has 0 aliphatic heterocycles. The molecule has 0 amide bonds. The summed E-state index contributed by atoms with van der Waals surface area (Å²) in [5, 5.41) is 0. The summed E-state index contributed by atoms with van der Waals surface area (Å²) in [6.45, 7) is 13.1. The van der Waals surface area contributed by atoms with E-state index in [1.165, 1.54) is 0 Å². The molecule has 196 valence electrons. The van der Waals surface area contributed by atoms with E-state index in [-0.39, 0.29) is 10.8 Å². The van der Waals surface area contributed by atoms with Gasteiger partial charge in [-0.1, -0.05) is 53.7 Å². The maximum Gasteiger partial charge on any atom is 0.510 e. The van der Waals surface area contributed by atoms with Crippen molar-refractivity contribution >= 4 is 6.16 Å². The fourth-order valence-corrected chi connectivity index (χ4v) is 5.06. The molecule has 0 N–H and O–H groups in total. The lowest BCUT2D eigenvalue weighted by Gasteiger charge is -2.45. The van der Waals surface area contributed by atoms with Gasteiger partial charge in [0.05, 0.1) is 14.2 Å². The average molecular weight is 495 g/mol. The second-order valence-electron chi connectivity index (χ2n) is 12.6. The van der Waals surface area contributed by atoms with Crippen LogP contribution in [0, 0.1) is 0 Å². The molecular formula is C31H42O5. The molecule has 0 unspecified atom stereocenters. The number of carbonyl (C=O) groups is 1. The first-order valence-electron chi connectivity index (χ1n) is 13.1. The van der Waals surface area contributed by atoms with Crippen molar-refractivity contribution in [1.29, 1.82) is 0 Å². The topological polar surface area (TPSA) is 54.0 Å². The molecule has 0 saturated heterocycles. The van der Waals surface area contributed by atoms with Crippen LogP contribution in [0.15, 0.2) is 36.4 Å². The van der Waals surface area contributed by atoms with E-state index in [4.69, 9.17) is 18.9 Å². The Kier molecular flexibility index (Phi) is 6.83. The van der Waals surface area contributed by atoms with Crippen LogP contribution < -0.4 is 9.47 Å². The molecule has 2 fully saturated rings. The third kappa shape index (κ3) is 5.07. The predicted molar refractivity (Wildman–Crippen MR) is 142 cm³/mol. The van der Waals surface area contributed by atoms with Gasteiger partial charge in [0.15, 0.2) is 0 Å². The summed E-state index contributed by atoms with van der Waals surface area (Å²) in [7, 11) is 3.35. The first kappa shape index (κ1) is 26.4. The van der Waals surface area contributed by atoms with Crippen molar-refractivity contribution in [3.8, 4) is 11.5 Å². The van der Waals surface area contributed by atoms with Crippen LogP contribution in [0.3, 0.4) is 0 Å². The van der Waals surface area contributed by atoms with Gasteiger partial charge in [0.1, 0.15) is 22.7 Å². The van der Waals surface area contributed by atoms with E-state index in [0.717, 1.165) is 72.3 Å². The largest absolute Gasteiger partial charge is 0.510 e. The zero-order valence-corrected chi connectivity index (χ0v) is 23.2. The fourth-order valence-electron chi connectivity index (χ4n) is 5.06. The van der Waals surface area contributed by atoms with Crippen molar-refractivity contribution in [2.45, 2.75) is 102 Å². The van der Waals surface area contributed by atoms with Crippen LogP contribution in [-0.4, -0.2) is 20.4 Å². The van der Waals surface area contributed by atoms with Gasteiger partial charge in [-0.15, -0.1) is 0 Å². The van der Waals surface area contributed by atoms with Crippen molar-refractivity contribution in [3.05, 3.63) is 58.7 Å². The molecule has 0 spiro atoms. The maximum atomic E-state index is 13.4. The molecule has 5 nitrogen and oxygen atoms in total. The second-order valence-corrected chi connectivity index (χ2v) is 12.6. The Morgan fingerprint density at radius 2 is 1.00 bits per heavy atom. The van der Waals surface area contributed by atoms with Gasteiger partial charge in [-0.3, -0.25) is 0 Å². The SMILES string of the molecule is COc1cc(C(C)(C)C)cc(C2(OC(=O)OC3(c4cc(OC)cc(C(C)(C)C)c4)CCC3)CCC2)c1. The van der Waals surface area contributed by atoms with Gasteiger partial charge in [-0.05, 0) is 95.9 Å². The summed E-state index contributed by atoms with van der Waals surface area (Å²) in [6.07, 6.45) is 4.52. The number of methoxy groups -OCH3 is 2. The van der Waals surface area contributed by atoms with E-state index in [0.29, 0.717) is 0 Å². The van der Waals surface area contributed by atoms with Crippen LogP contribution in [0.5, 0.6) is 11.5 Å². The highest BCUT2D eigenvalue weighted by atomic mass is 16.7. The molecule has 0 bridgehead atoms. The minimum atomic E-state index is -0.679. The molecule has 0 atom stereocenters. The fraction of sp³-hybridized carbons (Fsp3) is 0.581. The zero-order valence-electron chi connectivity index (χ0n) is 23.2. The Morgan fingerprint density at radius 3 is 1.25 bits per heavy atom. The molecule has 2 aromatic carbocycles. The number of rotatable bonds is 6. The minimum absolute atomic E-state index is 0.0537. The standard InChI is InChI=1S/C31H42O5/c1-28(2,3)21-15-23(19-25(17-21)33-7)30(11-9-12-30)35-27(32)36-31(13-10-14-31)24-16-22(29(4,5)6)18-26(20-24)34-8/h15-20H,9-14H2,1-8H3. The molecule has 36 heavy (non-hydrogen) atoms. The van der Waals surface area contributed by atoms with Crippen LogP contribution in [0.4, 0.5) is 4.79 Å². The predicted octanol–water partition coefficient (Wildman–Crippen LogP) is 7.91. The van der Waals surface area contributed by atoms with Gasteiger partial charge in [-0.25, -0.2) is 4.79 Å². The lowest BCUT2D eigenvalue weighted by atomic mass is 9.72. The molecule has 4 rings (SSSR count). The van der Waals surface area contributed by atoms with Gasteiger partial charge < -0.3 is 18.9 Å². The van der Waals surface area contributed by atoms with E-state index in [1.807, 2.05) is 12.1 Å². The quantitative estimate of drug-likeness (QED) is 0.382. The van der Waals surface area contributed by atoms with Crippen molar-refractivity contribution < 1.29 is 23.7 Å². The van der Waals surface area contributed by atoms with Crippen molar-refractivity contribution in [3.63, 3.8) is 0 Å². The summed E-state index contributed by atoms with van der Waals surface area (Å²) in [6, 6.07) is 12.4. The molecule has 0 heterocycles. The summed E-state index contributed by atoms with van der Waals surface area (Å²) < 4.78 is 23.6. The Labute approximate surface area is 216 Å². The van der Waals surface area contributed by atoms with Crippen LogP contribution in [-0.2, 0) is 31.5 Å². The number of ether oxygens (including phenoxy) is 4. The Bertz CT molecular complexity index is 1020. The minimum Gasteiger partial charge on any atom is -0.497 e. The lowest BCUT2D eigenvalue weighted by Crippen LogP contribution is -2.44. The second kappa shape index (κ2) is 9.32. The molecule has 2 aliphatic carbocycles. The highest BCUT2D eigenvalue weighted by molar-refractivity contribution is 5.63. The molecular weight excluding hydrogens is 452 g/mol. The first-order chi connectivity index (χ1) is 16.8. The molecule has 2 aliphatic rings. The first-order valence-corrected chi connectivity index (χ1v) is 13.1. The number of hydrogen-bond donors (Lipinski definition) is 0. The smallest absolute Gasteiger partial charge is 0.497 e. The van der Waals surface area contributed by atoms with E-state index < -0.39 is 17.4 Å². The summed E-state index contributed by atoms with van der Waals surface area (Å²) >= 11 is 0. The van der Waals surface area contributed by atoms with Gasteiger partial charge >= 0.3 is 6.16 Å². The number of benzene rings is 2. The normalized spacial score (nSPS) is 18.4. The Balaban J connectivity index is 1.62. The third-order valence-electron chi connectivity index (χ3n) is 7.95. The summed E-state index contributed by atoms with van der Waals surface area (Å²) in [4.78, 5) is 13.4. The molecule has 0 radical (unpaired) electrons. The number of carbonyl (C=O) groups excluding carboxylic acids is 1. The number of hydrogen-bond acceptors (Lipinski definition) is 5. The molecule has 2 saturated carbocycles. The Morgan fingerprint density at radius 1 is 0.639 bits per heavy atom. The van der Waals surface area contributed by atoms with Crippen LogP contribution in [0.1, 0.15) is 102 Å². The van der Waals surface area contributed by atoms with Gasteiger partial charge in [0.25, 0.3) is 0 Å².